The van der Waals surface area contributed by atoms with Crippen LogP contribution in [0.5, 0.6) is 0 Å². The van der Waals surface area contributed by atoms with Gasteiger partial charge in [-0.1, -0.05) is 0 Å². The van der Waals surface area contributed by atoms with E-state index in [0.717, 1.165) is 17.0 Å². The van der Waals surface area contributed by atoms with Crippen molar-refractivity contribution in [3.8, 4) is 0 Å². The Hall–Kier alpha value is -0.320. The van der Waals surface area contributed by atoms with E-state index in [1.165, 1.54) is 0 Å². The molecule has 0 saturated heterocycles. The predicted molar refractivity (Wildman–Crippen MR) is 66.0 cm³/mol. The van der Waals surface area contributed by atoms with E-state index in [9.17, 15) is 0 Å². The van der Waals surface area contributed by atoms with E-state index in [0.29, 0.717) is 6.04 Å². The summed E-state index contributed by atoms with van der Waals surface area (Å²) in [5.41, 5.74) is 0. The fourth-order valence-corrected chi connectivity index (χ4v) is 1.99. The molecule has 0 aliphatic rings. The molecule has 0 aromatic carbocycles. The Morgan fingerprint density at radius 3 is 2.53 bits per heavy atom. The molecule has 0 radical (unpaired) electrons. The number of rotatable bonds is 5. The lowest BCUT2D eigenvalue weighted by Crippen LogP contribution is -2.37. The van der Waals surface area contributed by atoms with Gasteiger partial charge in [0.25, 0.3) is 0 Å². The Kier molecular flexibility index (Phi) is 4.83. The standard InChI is InChI=1S/C11H19BrN2O/c1-8(7-14(3)4)13-9(2)10-5-6-11(12)15-10/h5-6,8-9,13H,7H2,1-4H3. The van der Waals surface area contributed by atoms with Crippen LogP contribution in [0.2, 0.25) is 0 Å². The van der Waals surface area contributed by atoms with E-state index in [2.05, 4.69) is 54.1 Å². The molecule has 2 unspecified atom stereocenters. The second kappa shape index (κ2) is 5.68. The maximum Gasteiger partial charge on any atom is 0.169 e. The quantitative estimate of drug-likeness (QED) is 0.895. The molecule has 0 aliphatic heterocycles. The molecular weight excluding hydrogens is 256 g/mol. The van der Waals surface area contributed by atoms with Crippen LogP contribution in [0.4, 0.5) is 0 Å². The highest BCUT2D eigenvalue weighted by atomic mass is 79.9. The minimum absolute atomic E-state index is 0.242. The number of hydrogen-bond acceptors (Lipinski definition) is 3. The van der Waals surface area contributed by atoms with Gasteiger partial charge in [-0.25, -0.2) is 0 Å². The van der Waals surface area contributed by atoms with Crippen molar-refractivity contribution in [2.24, 2.45) is 0 Å². The van der Waals surface area contributed by atoms with Crippen molar-refractivity contribution in [2.45, 2.75) is 25.9 Å². The van der Waals surface area contributed by atoms with Crippen LogP contribution in [-0.2, 0) is 0 Å². The number of furan rings is 1. The Balaban J connectivity index is 2.45. The number of nitrogens with one attached hydrogen (secondary N) is 1. The van der Waals surface area contributed by atoms with Gasteiger partial charge >= 0.3 is 0 Å². The summed E-state index contributed by atoms with van der Waals surface area (Å²) in [5, 5.41) is 3.48. The molecule has 86 valence electrons. The third-order valence-electron chi connectivity index (χ3n) is 2.19. The summed E-state index contributed by atoms with van der Waals surface area (Å²) in [6.07, 6.45) is 0. The van der Waals surface area contributed by atoms with Crippen molar-refractivity contribution in [1.29, 1.82) is 0 Å². The van der Waals surface area contributed by atoms with E-state index in [4.69, 9.17) is 4.42 Å². The fourth-order valence-electron chi connectivity index (χ4n) is 1.67. The van der Waals surface area contributed by atoms with Crippen molar-refractivity contribution in [2.75, 3.05) is 20.6 Å². The first kappa shape index (κ1) is 12.7. The van der Waals surface area contributed by atoms with Crippen LogP contribution in [0.3, 0.4) is 0 Å². The van der Waals surface area contributed by atoms with E-state index < -0.39 is 0 Å². The van der Waals surface area contributed by atoms with Crippen LogP contribution in [0.25, 0.3) is 0 Å². The summed E-state index contributed by atoms with van der Waals surface area (Å²) in [4.78, 5) is 2.17. The maximum absolute atomic E-state index is 5.49. The smallest absolute Gasteiger partial charge is 0.169 e. The molecule has 0 spiro atoms. The Labute approximate surface area is 100.0 Å². The molecule has 15 heavy (non-hydrogen) atoms. The Morgan fingerprint density at radius 1 is 1.40 bits per heavy atom. The maximum atomic E-state index is 5.49. The van der Waals surface area contributed by atoms with Crippen LogP contribution < -0.4 is 5.32 Å². The van der Waals surface area contributed by atoms with Gasteiger partial charge in [0.1, 0.15) is 5.76 Å². The molecule has 0 fully saturated rings. The molecule has 2 atom stereocenters. The molecule has 0 saturated carbocycles. The van der Waals surface area contributed by atoms with Crippen LogP contribution in [0, 0.1) is 0 Å². The lowest BCUT2D eigenvalue weighted by atomic mass is 10.2. The average molecular weight is 275 g/mol. The first-order chi connectivity index (χ1) is 6.99. The normalized spacial score (nSPS) is 15.6. The second-order valence-corrected chi connectivity index (χ2v) is 4.98. The molecule has 1 heterocycles. The predicted octanol–water partition coefficient (Wildman–Crippen LogP) is 2.64. The van der Waals surface area contributed by atoms with Gasteiger partial charge in [0, 0.05) is 12.6 Å². The lowest BCUT2D eigenvalue weighted by molar-refractivity contribution is 0.318. The van der Waals surface area contributed by atoms with Gasteiger partial charge in [-0.2, -0.15) is 0 Å². The van der Waals surface area contributed by atoms with E-state index in [1.54, 1.807) is 0 Å². The van der Waals surface area contributed by atoms with Crippen molar-refractivity contribution < 1.29 is 4.42 Å². The summed E-state index contributed by atoms with van der Waals surface area (Å²) in [6.45, 7) is 5.30. The summed E-state index contributed by atoms with van der Waals surface area (Å²) in [5.74, 6) is 0.965. The highest BCUT2D eigenvalue weighted by molar-refractivity contribution is 9.10. The van der Waals surface area contributed by atoms with Crippen molar-refractivity contribution in [1.82, 2.24) is 10.2 Å². The third kappa shape index (κ3) is 4.36. The van der Waals surface area contributed by atoms with Crippen LogP contribution in [0.15, 0.2) is 21.2 Å². The highest BCUT2D eigenvalue weighted by Crippen LogP contribution is 2.20. The van der Waals surface area contributed by atoms with Crippen LogP contribution >= 0.6 is 15.9 Å². The van der Waals surface area contributed by atoms with Crippen molar-refractivity contribution in [3.63, 3.8) is 0 Å². The minimum atomic E-state index is 0.242. The van der Waals surface area contributed by atoms with Gasteiger partial charge in [0.15, 0.2) is 4.67 Å². The first-order valence-electron chi connectivity index (χ1n) is 5.15. The summed E-state index contributed by atoms with van der Waals surface area (Å²) in [6, 6.07) is 4.60. The molecule has 1 aromatic heterocycles. The largest absolute Gasteiger partial charge is 0.453 e. The summed E-state index contributed by atoms with van der Waals surface area (Å²) in [7, 11) is 4.15. The van der Waals surface area contributed by atoms with Gasteiger partial charge in [-0.05, 0) is 56.0 Å². The van der Waals surface area contributed by atoms with Crippen molar-refractivity contribution >= 4 is 15.9 Å². The van der Waals surface area contributed by atoms with E-state index >= 15 is 0 Å². The van der Waals surface area contributed by atoms with Crippen LogP contribution in [0.1, 0.15) is 25.6 Å². The zero-order valence-electron chi connectivity index (χ0n) is 9.75. The zero-order chi connectivity index (χ0) is 11.4. The van der Waals surface area contributed by atoms with E-state index in [1.807, 2.05) is 12.1 Å². The van der Waals surface area contributed by atoms with E-state index in [-0.39, 0.29) is 6.04 Å². The molecule has 0 amide bonds. The van der Waals surface area contributed by atoms with Gasteiger partial charge in [0.05, 0.1) is 6.04 Å². The number of halogens is 1. The topological polar surface area (TPSA) is 28.4 Å². The van der Waals surface area contributed by atoms with Gasteiger partial charge in [0.2, 0.25) is 0 Å². The Morgan fingerprint density at radius 2 is 2.07 bits per heavy atom. The number of likely N-dealkylation sites (N-methyl/N-ethyl adjacent to an activating group) is 1. The zero-order valence-corrected chi connectivity index (χ0v) is 11.3. The molecule has 1 N–H and O–H groups in total. The third-order valence-corrected chi connectivity index (χ3v) is 2.62. The second-order valence-electron chi connectivity index (χ2n) is 4.19. The summed E-state index contributed by atoms with van der Waals surface area (Å²) >= 11 is 3.30. The van der Waals surface area contributed by atoms with Crippen LogP contribution in [-0.4, -0.2) is 31.6 Å². The monoisotopic (exact) mass is 274 g/mol. The molecular formula is C11H19BrN2O. The molecule has 0 bridgehead atoms. The first-order valence-corrected chi connectivity index (χ1v) is 5.94. The SMILES string of the molecule is CC(CN(C)C)NC(C)c1ccc(Br)o1. The average Bonchev–Trinajstić information content (AvgIpc) is 2.49. The summed E-state index contributed by atoms with van der Waals surface area (Å²) < 4.78 is 6.28. The molecule has 1 rings (SSSR count). The Bertz CT molecular complexity index is 299. The van der Waals surface area contributed by atoms with Gasteiger partial charge < -0.3 is 14.6 Å². The molecule has 0 aliphatic carbocycles. The number of hydrogen-bond donors (Lipinski definition) is 1. The van der Waals surface area contributed by atoms with Gasteiger partial charge in [-0.3, -0.25) is 0 Å². The highest BCUT2D eigenvalue weighted by Gasteiger charge is 2.12. The number of nitrogens with zero attached hydrogens (tertiary/aromatic N) is 1. The molecule has 3 nitrogen and oxygen atoms in total. The lowest BCUT2D eigenvalue weighted by Gasteiger charge is -2.21. The van der Waals surface area contributed by atoms with Crippen molar-refractivity contribution in [3.05, 3.63) is 22.6 Å². The molecule has 1 aromatic rings. The fraction of sp³-hybridized carbons (Fsp3) is 0.636. The molecule has 4 heteroatoms. The van der Waals surface area contributed by atoms with Gasteiger partial charge in [-0.15, -0.1) is 0 Å². The minimum Gasteiger partial charge on any atom is -0.453 e.